The van der Waals surface area contributed by atoms with Crippen LogP contribution in [0.25, 0.3) is 0 Å². The van der Waals surface area contributed by atoms with Crippen LogP contribution in [0.3, 0.4) is 0 Å². The van der Waals surface area contributed by atoms with E-state index in [0.717, 1.165) is 5.56 Å². The van der Waals surface area contributed by atoms with E-state index in [9.17, 15) is 9.18 Å². The van der Waals surface area contributed by atoms with Gasteiger partial charge in [0.2, 0.25) is 0 Å². The van der Waals surface area contributed by atoms with Crippen LogP contribution in [-0.2, 0) is 13.6 Å². The highest BCUT2D eigenvalue weighted by atomic mass is 79.9. The molecular formula is C11H10BrFN2O. The number of nitrogens with zero attached hydrogens (tertiary/aromatic N) is 2. The van der Waals surface area contributed by atoms with Crippen molar-refractivity contribution in [3.8, 4) is 0 Å². The van der Waals surface area contributed by atoms with Crippen LogP contribution in [0.15, 0.2) is 39.9 Å². The molecule has 3 nitrogen and oxygen atoms in total. The fraction of sp³-hybridized carbons (Fsp3) is 0.182. The van der Waals surface area contributed by atoms with E-state index in [2.05, 4.69) is 15.9 Å². The lowest BCUT2D eigenvalue weighted by Crippen LogP contribution is -2.22. The predicted molar refractivity (Wildman–Crippen MR) is 62.9 cm³/mol. The number of imidazole rings is 1. The molecular weight excluding hydrogens is 275 g/mol. The Bertz CT molecular complexity index is 553. The van der Waals surface area contributed by atoms with Crippen LogP contribution in [0.2, 0.25) is 0 Å². The van der Waals surface area contributed by atoms with Crippen LogP contribution < -0.4 is 5.69 Å². The minimum atomic E-state index is -0.312. The Kier molecular flexibility index (Phi) is 2.96. The van der Waals surface area contributed by atoms with Gasteiger partial charge in [0.25, 0.3) is 0 Å². The van der Waals surface area contributed by atoms with E-state index in [0.29, 0.717) is 11.0 Å². The van der Waals surface area contributed by atoms with E-state index in [1.165, 1.54) is 21.3 Å². The summed E-state index contributed by atoms with van der Waals surface area (Å²) in [7, 11) is 1.68. The number of hydrogen-bond acceptors (Lipinski definition) is 1. The Morgan fingerprint density at radius 1 is 1.31 bits per heavy atom. The first-order chi connectivity index (χ1) is 7.56. The summed E-state index contributed by atoms with van der Waals surface area (Å²) in [6.07, 6.45) is 3.36. The average molecular weight is 285 g/mol. The van der Waals surface area contributed by atoms with Crippen LogP contribution in [0.5, 0.6) is 0 Å². The molecule has 0 aliphatic heterocycles. The van der Waals surface area contributed by atoms with Gasteiger partial charge in [-0.1, -0.05) is 15.9 Å². The summed E-state index contributed by atoms with van der Waals surface area (Å²) < 4.78 is 16.8. The second kappa shape index (κ2) is 4.25. The third-order valence-corrected chi connectivity index (χ3v) is 2.75. The van der Waals surface area contributed by atoms with Crippen molar-refractivity contribution < 1.29 is 4.39 Å². The Morgan fingerprint density at radius 2 is 2.06 bits per heavy atom. The Labute approximate surface area is 100 Å². The molecule has 0 aliphatic rings. The van der Waals surface area contributed by atoms with Gasteiger partial charge in [-0.2, -0.15) is 0 Å². The summed E-state index contributed by atoms with van der Waals surface area (Å²) in [5.41, 5.74) is 0.639. The third-order valence-electron chi connectivity index (χ3n) is 2.29. The van der Waals surface area contributed by atoms with Gasteiger partial charge in [0, 0.05) is 23.9 Å². The molecule has 84 valence electrons. The van der Waals surface area contributed by atoms with Crippen molar-refractivity contribution in [1.29, 1.82) is 0 Å². The van der Waals surface area contributed by atoms with Crippen molar-refractivity contribution in [1.82, 2.24) is 9.13 Å². The summed E-state index contributed by atoms with van der Waals surface area (Å²) in [5, 5.41) is 0. The van der Waals surface area contributed by atoms with Crippen LogP contribution >= 0.6 is 15.9 Å². The molecule has 2 rings (SSSR count). The lowest BCUT2D eigenvalue weighted by atomic mass is 10.2. The van der Waals surface area contributed by atoms with Gasteiger partial charge in [-0.25, -0.2) is 9.18 Å². The zero-order valence-corrected chi connectivity index (χ0v) is 10.2. The number of aryl methyl sites for hydroxylation is 1. The summed E-state index contributed by atoms with van der Waals surface area (Å²) in [6, 6.07) is 4.60. The standard InChI is InChI=1S/C11H10BrFN2O/c1-14-2-3-15(11(14)16)7-8-4-9(12)6-10(13)5-8/h2-6H,7H2,1H3. The molecule has 1 aromatic heterocycles. The van der Waals surface area contributed by atoms with Gasteiger partial charge in [0.05, 0.1) is 6.54 Å². The number of halogens is 2. The highest BCUT2D eigenvalue weighted by molar-refractivity contribution is 9.10. The topological polar surface area (TPSA) is 26.9 Å². The lowest BCUT2D eigenvalue weighted by molar-refractivity contribution is 0.621. The molecule has 0 fully saturated rings. The van der Waals surface area contributed by atoms with Gasteiger partial charge in [0.15, 0.2) is 0 Å². The third kappa shape index (κ3) is 2.24. The van der Waals surface area contributed by atoms with Gasteiger partial charge in [-0.3, -0.25) is 4.57 Å². The number of aromatic nitrogens is 2. The minimum Gasteiger partial charge on any atom is -0.302 e. The predicted octanol–water partition coefficient (Wildman–Crippen LogP) is 2.14. The van der Waals surface area contributed by atoms with E-state index < -0.39 is 0 Å². The second-order valence-electron chi connectivity index (χ2n) is 3.60. The van der Waals surface area contributed by atoms with Gasteiger partial charge >= 0.3 is 5.69 Å². The monoisotopic (exact) mass is 284 g/mol. The molecule has 1 heterocycles. The Hall–Kier alpha value is -1.36. The first-order valence-corrected chi connectivity index (χ1v) is 5.52. The zero-order valence-electron chi connectivity index (χ0n) is 8.65. The Morgan fingerprint density at radius 3 is 2.62 bits per heavy atom. The fourth-order valence-electron chi connectivity index (χ4n) is 1.53. The largest absolute Gasteiger partial charge is 0.328 e. The molecule has 0 spiro atoms. The van der Waals surface area contributed by atoms with Crippen molar-refractivity contribution >= 4 is 15.9 Å². The van der Waals surface area contributed by atoms with Crippen LogP contribution in [0.1, 0.15) is 5.56 Å². The van der Waals surface area contributed by atoms with Crippen LogP contribution in [0.4, 0.5) is 4.39 Å². The molecule has 0 saturated carbocycles. The summed E-state index contributed by atoms with van der Waals surface area (Å²) >= 11 is 3.22. The summed E-state index contributed by atoms with van der Waals surface area (Å²) in [5.74, 6) is -0.312. The average Bonchev–Trinajstić information content (AvgIpc) is 2.48. The molecule has 16 heavy (non-hydrogen) atoms. The van der Waals surface area contributed by atoms with Crippen LogP contribution in [-0.4, -0.2) is 9.13 Å². The molecule has 1 aromatic carbocycles. The molecule has 0 aliphatic carbocycles. The summed E-state index contributed by atoms with van der Waals surface area (Å²) in [6.45, 7) is 0.371. The highest BCUT2D eigenvalue weighted by Gasteiger charge is 2.03. The molecule has 5 heteroatoms. The van der Waals surface area contributed by atoms with Crippen LogP contribution in [0, 0.1) is 5.82 Å². The normalized spacial score (nSPS) is 10.7. The van der Waals surface area contributed by atoms with Gasteiger partial charge in [0.1, 0.15) is 5.82 Å². The molecule has 0 saturated heterocycles. The van der Waals surface area contributed by atoms with E-state index in [1.807, 2.05) is 0 Å². The van der Waals surface area contributed by atoms with E-state index in [1.54, 1.807) is 25.5 Å². The summed E-state index contributed by atoms with van der Waals surface area (Å²) in [4.78, 5) is 11.6. The molecule has 0 amide bonds. The second-order valence-corrected chi connectivity index (χ2v) is 4.51. The molecule has 0 radical (unpaired) electrons. The minimum absolute atomic E-state index is 0.111. The number of rotatable bonds is 2. The smallest absolute Gasteiger partial charge is 0.302 e. The van der Waals surface area contributed by atoms with Crippen molar-refractivity contribution in [2.75, 3.05) is 0 Å². The SMILES string of the molecule is Cn1ccn(Cc2cc(F)cc(Br)c2)c1=O. The molecule has 0 atom stereocenters. The molecule has 0 bridgehead atoms. The van der Waals surface area contributed by atoms with Crippen molar-refractivity contribution in [2.45, 2.75) is 6.54 Å². The maximum absolute atomic E-state index is 13.1. The van der Waals surface area contributed by atoms with Crippen molar-refractivity contribution in [3.05, 3.63) is 56.9 Å². The number of hydrogen-bond donors (Lipinski definition) is 0. The zero-order chi connectivity index (χ0) is 11.7. The van der Waals surface area contributed by atoms with Crippen molar-refractivity contribution in [3.63, 3.8) is 0 Å². The van der Waals surface area contributed by atoms with E-state index in [4.69, 9.17) is 0 Å². The first-order valence-electron chi connectivity index (χ1n) is 4.73. The van der Waals surface area contributed by atoms with Gasteiger partial charge in [-0.05, 0) is 23.8 Å². The van der Waals surface area contributed by atoms with Gasteiger partial charge in [-0.15, -0.1) is 0 Å². The highest BCUT2D eigenvalue weighted by Crippen LogP contribution is 2.15. The van der Waals surface area contributed by atoms with E-state index >= 15 is 0 Å². The Balaban J connectivity index is 2.34. The van der Waals surface area contributed by atoms with Gasteiger partial charge < -0.3 is 4.57 Å². The maximum atomic E-state index is 13.1. The lowest BCUT2D eigenvalue weighted by Gasteiger charge is -2.03. The molecule has 0 unspecified atom stereocenters. The maximum Gasteiger partial charge on any atom is 0.328 e. The van der Waals surface area contributed by atoms with E-state index in [-0.39, 0.29) is 11.5 Å². The quantitative estimate of drug-likeness (QED) is 0.830. The van der Waals surface area contributed by atoms with Crippen molar-refractivity contribution in [2.24, 2.45) is 7.05 Å². The fourth-order valence-corrected chi connectivity index (χ4v) is 2.04. The molecule has 0 N–H and O–H groups in total. The molecule has 2 aromatic rings. The first kappa shape index (κ1) is 11.1. The number of benzene rings is 1.